The highest BCUT2D eigenvalue weighted by atomic mass is 16.5. The summed E-state index contributed by atoms with van der Waals surface area (Å²) in [4.78, 5) is 68.7. The Hall–Kier alpha value is -5.88. The van der Waals surface area contributed by atoms with Gasteiger partial charge >= 0.3 is 5.97 Å². The number of esters is 1. The van der Waals surface area contributed by atoms with Gasteiger partial charge in [0.15, 0.2) is 0 Å². The number of ether oxygens (including phenoxy) is 2. The van der Waals surface area contributed by atoms with Crippen molar-refractivity contribution in [2.24, 2.45) is 0 Å². The van der Waals surface area contributed by atoms with Crippen LogP contribution in [0.3, 0.4) is 0 Å². The average Bonchev–Trinajstić information content (AvgIpc) is 3.67. The molecule has 12 nitrogen and oxygen atoms in total. The third-order valence-electron chi connectivity index (χ3n) is 10.1. The number of carbonyl (C=O) groups excluding carboxylic acids is 4. The largest absolute Gasteiger partial charge is 0.490 e. The molecule has 0 saturated heterocycles. The highest BCUT2D eigenvalue weighted by molar-refractivity contribution is 6.12. The number of rotatable bonds is 11. The van der Waals surface area contributed by atoms with Gasteiger partial charge in [0.1, 0.15) is 23.7 Å². The molecule has 1 atom stereocenters. The Morgan fingerprint density at radius 1 is 1.00 bits per heavy atom. The van der Waals surface area contributed by atoms with Crippen molar-refractivity contribution in [3.05, 3.63) is 111 Å². The lowest BCUT2D eigenvalue weighted by molar-refractivity contribution is -0.136. The van der Waals surface area contributed by atoms with Crippen molar-refractivity contribution in [3.63, 3.8) is 0 Å². The van der Waals surface area contributed by atoms with E-state index >= 15 is 0 Å². The maximum atomic E-state index is 13.7. The van der Waals surface area contributed by atoms with Gasteiger partial charge in [-0.25, -0.2) is 9.78 Å². The van der Waals surface area contributed by atoms with Crippen molar-refractivity contribution in [2.45, 2.75) is 71.1 Å². The summed E-state index contributed by atoms with van der Waals surface area (Å²) >= 11 is 0. The van der Waals surface area contributed by atoms with E-state index in [2.05, 4.69) is 11.9 Å². The van der Waals surface area contributed by atoms with E-state index in [4.69, 9.17) is 14.5 Å². The second-order valence-corrected chi connectivity index (χ2v) is 13.2. The molecule has 52 heavy (non-hydrogen) atoms. The van der Waals surface area contributed by atoms with Crippen LogP contribution in [0.5, 0.6) is 5.75 Å². The molecule has 5 heterocycles. The number of hydrogen-bond donors (Lipinski definition) is 2. The van der Waals surface area contributed by atoms with Crippen LogP contribution in [0.4, 0.5) is 5.69 Å². The second-order valence-electron chi connectivity index (χ2n) is 13.2. The van der Waals surface area contributed by atoms with Gasteiger partial charge in [-0.3, -0.25) is 24.1 Å². The Morgan fingerprint density at radius 3 is 2.46 bits per heavy atom. The molecule has 3 amide bonds. The summed E-state index contributed by atoms with van der Waals surface area (Å²) in [6.07, 6.45) is 5.66. The molecule has 266 valence electrons. The van der Waals surface area contributed by atoms with Gasteiger partial charge in [0.25, 0.3) is 17.4 Å². The zero-order valence-electron chi connectivity index (χ0n) is 29.0. The molecule has 2 N–H and O–H groups in total. The quantitative estimate of drug-likeness (QED) is 0.0810. The summed E-state index contributed by atoms with van der Waals surface area (Å²) in [5, 5.41) is 15.1. The molecule has 0 saturated carbocycles. The van der Waals surface area contributed by atoms with Gasteiger partial charge in [-0.05, 0) is 79.8 Å². The second kappa shape index (κ2) is 13.7. The van der Waals surface area contributed by atoms with Crippen LogP contribution in [0.1, 0.15) is 78.6 Å². The third-order valence-corrected chi connectivity index (χ3v) is 10.1. The predicted octanol–water partition coefficient (Wildman–Crippen LogP) is 5.27. The van der Waals surface area contributed by atoms with Gasteiger partial charge < -0.3 is 24.5 Å². The number of nitrogens with zero attached hydrogens (tertiary/aromatic N) is 3. The molecule has 0 spiro atoms. The minimum atomic E-state index is -1.47. The van der Waals surface area contributed by atoms with Crippen LogP contribution in [-0.2, 0) is 44.3 Å². The standard InChI is InChI=1S/C40H38N4O8/c1-4-27-28-19-26(52-39(49)24-10-12-25(13-11-24)41-34(45)9-7-6-8-18-43-35(46)16-17-36(43)47)14-15-32(28)42-37-29(27)21-44-33(37)20-31-30(38(44)48)22-51-23(3)40(31,50)5-2/h10-17,19-20,50H,3-9,18,21-22H2,1-2H3,(H,41,45)/t40-/m1/s1. The summed E-state index contributed by atoms with van der Waals surface area (Å²) in [6.45, 7) is 8.44. The first kappa shape index (κ1) is 34.6. The Labute approximate surface area is 299 Å². The molecular formula is C40H38N4O8. The number of aryl methyl sites for hydroxylation is 1. The van der Waals surface area contributed by atoms with Crippen molar-refractivity contribution in [1.82, 2.24) is 14.5 Å². The zero-order valence-corrected chi connectivity index (χ0v) is 29.0. The van der Waals surface area contributed by atoms with Crippen LogP contribution in [0.25, 0.3) is 22.3 Å². The summed E-state index contributed by atoms with van der Waals surface area (Å²) in [6, 6.07) is 13.5. The number of fused-ring (bicyclic) bond motifs is 5. The first-order valence-electron chi connectivity index (χ1n) is 17.5. The van der Waals surface area contributed by atoms with Gasteiger partial charge in [0.2, 0.25) is 5.91 Å². The van der Waals surface area contributed by atoms with E-state index in [9.17, 15) is 29.1 Å². The molecule has 0 unspecified atom stereocenters. The van der Waals surface area contributed by atoms with Crippen LogP contribution in [0, 0.1) is 0 Å². The minimum Gasteiger partial charge on any atom is -0.490 e. The SMILES string of the molecule is C=C1OCc2c(cc3n(c2=O)Cc2c-3nc3ccc(OC(=O)c4ccc(NC(=O)CCCCCN5C(=O)C=CC5=O)cc4)cc3c2CC)[C@@]1(O)CC. The molecule has 12 heteroatoms. The lowest BCUT2D eigenvalue weighted by atomic mass is 9.84. The fourth-order valence-corrected chi connectivity index (χ4v) is 7.19. The van der Waals surface area contributed by atoms with E-state index in [1.807, 2.05) is 19.9 Å². The van der Waals surface area contributed by atoms with E-state index < -0.39 is 11.6 Å². The lowest BCUT2D eigenvalue weighted by Gasteiger charge is -2.35. The van der Waals surface area contributed by atoms with E-state index in [1.54, 1.807) is 47.0 Å². The van der Waals surface area contributed by atoms with Gasteiger partial charge in [-0.2, -0.15) is 0 Å². The number of carbonyl (C=O) groups is 4. The van der Waals surface area contributed by atoms with Crippen molar-refractivity contribution < 1.29 is 33.8 Å². The number of hydrogen-bond acceptors (Lipinski definition) is 9. The Bertz CT molecular complexity index is 2250. The van der Waals surface area contributed by atoms with Crippen molar-refractivity contribution in [2.75, 3.05) is 11.9 Å². The molecule has 2 aromatic carbocycles. The molecule has 7 rings (SSSR count). The number of unbranched alkanes of at least 4 members (excludes halogenated alkanes) is 2. The van der Waals surface area contributed by atoms with Crippen LogP contribution in [0.2, 0.25) is 0 Å². The topological polar surface area (TPSA) is 157 Å². The molecule has 3 aliphatic heterocycles. The average molecular weight is 703 g/mol. The molecule has 0 bridgehead atoms. The van der Waals surface area contributed by atoms with Crippen LogP contribution < -0.4 is 15.6 Å². The number of nitrogens with one attached hydrogen (secondary N) is 1. The summed E-state index contributed by atoms with van der Waals surface area (Å²) in [5.74, 6) is -0.788. The van der Waals surface area contributed by atoms with Crippen molar-refractivity contribution >= 4 is 40.3 Å². The minimum absolute atomic E-state index is 0.0444. The number of imide groups is 1. The fraction of sp³-hybridized carbons (Fsp3) is 0.300. The Kier molecular flexibility index (Phi) is 9.09. The highest BCUT2D eigenvalue weighted by Crippen LogP contribution is 2.43. The number of aromatic nitrogens is 2. The number of benzene rings is 2. The lowest BCUT2D eigenvalue weighted by Crippen LogP contribution is -2.38. The summed E-state index contributed by atoms with van der Waals surface area (Å²) in [7, 11) is 0. The van der Waals surface area contributed by atoms with Gasteiger partial charge in [-0.15, -0.1) is 0 Å². The molecule has 0 radical (unpaired) electrons. The smallest absolute Gasteiger partial charge is 0.343 e. The zero-order chi connectivity index (χ0) is 36.7. The van der Waals surface area contributed by atoms with E-state index in [1.165, 1.54) is 17.1 Å². The van der Waals surface area contributed by atoms with Crippen LogP contribution >= 0.6 is 0 Å². The third kappa shape index (κ3) is 6.08. The van der Waals surface area contributed by atoms with Crippen molar-refractivity contribution in [3.8, 4) is 17.1 Å². The van der Waals surface area contributed by atoms with Gasteiger partial charge in [0, 0.05) is 47.3 Å². The Morgan fingerprint density at radius 2 is 1.75 bits per heavy atom. The van der Waals surface area contributed by atoms with Gasteiger partial charge in [0.05, 0.1) is 34.6 Å². The number of pyridine rings is 2. The molecule has 3 aliphatic rings. The first-order chi connectivity index (χ1) is 25.0. The van der Waals surface area contributed by atoms with E-state index in [0.29, 0.717) is 90.2 Å². The predicted molar refractivity (Wildman–Crippen MR) is 192 cm³/mol. The fourth-order valence-electron chi connectivity index (χ4n) is 7.19. The molecule has 0 fully saturated rings. The normalized spacial score (nSPS) is 17.2. The molecule has 2 aromatic heterocycles. The molecule has 4 aromatic rings. The maximum Gasteiger partial charge on any atom is 0.343 e. The first-order valence-corrected chi connectivity index (χ1v) is 17.5. The van der Waals surface area contributed by atoms with Crippen molar-refractivity contribution in [1.29, 1.82) is 0 Å². The highest BCUT2D eigenvalue weighted by Gasteiger charge is 2.41. The summed E-state index contributed by atoms with van der Waals surface area (Å²) < 4.78 is 13.1. The molecule has 0 aliphatic carbocycles. The summed E-state index contributed by atoms with van der Waals surface area (Å²) in [5.41, 5.74) is 3.96. The maximum absolute atomic E-state index is 13.7. The molecular weight excluding hydrogens is 664 g/mol. The van der Waals surface area contributed by atoms with Crippen LogP contribution in [-0.4, -0.2) is 49.8 Å². The van der Waals surface area contributed by atoms with Crippen LogP contribution in [0.15, 0.2) is 77.8 Å². The number of anilines is 1. The van der Waals surface area contributed by atoms with E-state index in [0.717, 1.165) is 16.5 Å². The number of aliphatic hydroxyl groups is 1. The number of amides is 3. The van der Waals surface area contributed by atoms with E-state index in [-0.39, 0.29) is 42.1 Å². The monoisotopic (exact) mass is 702 g/mol. The Balaban J connectivity index is 1.01. The van der Waals surface area contributed by atoms with Gasteiger partial charge in [-0.1, -0.05) is 26.8 Å².